The Kier molecular flexibility index (Phi) is 12.1. The molecule has 0 aromatic heterocycles. The summed E-state index contributed by atoms with van der Waals surface area (Å²) in [7, 11) is -3.75. The van der Waals surface area contributed by atoms with Crippen molar-refractivity contribution in [2.45, 2.75) is 86.5 Å². The summed E-state index contributed by atoms with van der Waals surface area (Å²) < 4.78 is 37.9. The van der Waals surface area contributed by atoms with E-state index in [9.17, 15) is 8.42 Å². The van der Waals surface area contributed by atoms with Crippen molar-refractivity contribution in [2.75, 3.05) is 13.1 Å². The molecule has 0 amide bonds. The van der Waals surface area contributed by atoms with Crippen molar-refractivity contribution >= 4 is 32.3 Å². The Labute approximate surface area is 178 Å². The van der Waals surface area contributed by atoms with Crippen molar-refractivity contribution in [2.24, 2.45) is 0 Å². The molecule has 0 aliphatic rings. The zero-order valence-corrected chi connectivity index (χ0v) is 22.3. The molecule has 4 nitrogen and oxygen atoms in total. The summed E-state index contributed by atoms with van der Waals surface area (Å²) in [5.41, 5.74) is 0. The number of nitrogens with zero attached hydrogens (tertiary/aromatic N) is 1. The predicted octanol–water partition coefficient (Wildman–Crippen LogP) is 5.71. The van der Waals surface area contributed by atoms with E-state index in [-0.39, 0.29) is 0 Å². The van der Waals surface area contributed by atoms with Gasteiger partial charge in [0.25, 0.3) is 0 Å². The van der Waals surface area contributed by atoms with Gasteiger partial charge in [-0.3, -0.25) is 0 Å². The van der Waals surface area contributed by atoms with Crippen LogP contribution in [0.3, 0.4) is 0 Å². The Bertz CT molecular complexity index is 638. The molecule has 0 saturated heterocycles. The van der Waals surface area contributed by atoms with E-state index in [2.05, 4.69) is 32.9 Å². The summed E-state index contributed by atoms with van der Waals surface area (Å²) in [5, 5.41) is 0. The monoisotopic (exact) mass is 519 g/mol. The van der Waals surface area contributed by atoms with Crippen LogP contribution in [0.25, 0.3) is 0 Å². The average Bonchev–Trinajstić information content (AvgIpc) is 2.68. The van der Waals surface area contributed by atoms with Gasteiger partial charge in [-0.25, -0.2) is 0 Å². The summed E-state index contributed by atoms with van der Waals surface area (Å²) in [6, 6.07) is 8.05. The summed E-state index contributed by atoms with van der Waals surface area (Å²) in [6.45, 7) is 11.3. The van der Waals surface area contributed by atoms with Gasteiger partial charge in [0.15, 0.2) is 0 Å². The second-order valence-corrected chi connectivity index (χ2v) is 22.4. The van der Waals surface area contributed by atoms with Crippen molar-refractivity contribution in [1.29, 1.82) is 0 Å². The maximum absolute atomic E-state index is 12.8. The van der Waals surface area contributed by atoms with Gasteiger partial charge in [0.2, 0.25) is 0 Å². The second kappa shape index (κ2) is 13.1. The Balaban J connectivity index is 3.40. The van der Waals surface area contributed by atoms with Crippen LogP contribution < -0.4 is 7.76 Å². The maximum atomic E-state index is 12.8. The summed E-state index contributed by atoms with van der Waals surface area (Å²) in [4.78, 5) is 0. The summed E-state index contributed by atoms with van der Waals surface area (Å²) in [6.07, 6.45) is 7.29. The molecule has 0 N–H and O–H groups in total. The molecule has 1 rings (SSSR count). The molecule has 0 spiro atoms. The number of rotatable bonds is 15. The summed E-state index contributed by atoms with van der Waals surface area (Å²) in [5.74, 6) is 0.605. The normalized spacial score (nSPS) is 12.5. The molecule has 0 atom stereocenters. The van der Waals surface area contributed by atoms with E-state index < -0.39 is 28.7 Å². The number of benzene rings is 1. The number of para-hydroxylation sites is 1. The Hall–Kier alpha value is -0.271. The van der Waals surface area contributed by atoms with Crippen LogP contribution in [0.5, 0.6) is 5.75 Å². The van der Waals surface area contributed by atoms with Gasteiger partial charge < -0.3 is 0 Å². The minimum atomic E-state index is -3.75. The van der Waals surface area contributed by atoms with Gasteiger partial charge >= 0.3 is 179 Å². The summed E-state index contributed by atoms with van der Waals surface area (Å²) >= 11 is -2.78. The van der Waals surface area contributed by atoms with Crippen LogP contribution in [-0.4, -0.2) is 44.2 Å². The van der Waals surface area contributed by atoms with Crippen molar-refractivity contribution in [1.82, 2.24) is 4.31 Å². The first kappa shape index (κ1) is 25.8. The second-order valence-electron chi connectivity index (χ2n) is 7.71. The minimum absolute atomic E-state index is 0.428. The van der Waals surface area contributed by atoms with E-state index in [0.29, 0.717) is 18.8 Å². The van der Waals surface area contributed by atoms with Crippen LogP contribution in [-0.2, 0) is 10.3 Å². The molecule has 1 aromatic rings. The first-order valence-electron chi connectivity index (χ1n) is 11.2. The molecular formula is C22H41NO3SSn. The van der Waals surface area contributed by atoms with Crippen molar-refractivity contribution in [3.63, 3.8) is 0 Å². The number of hydrogen-bond donors (Lipinski definition) is 0. The number of unbranched alkanes of at least 4 members (excludes halogenated alkanes) is 3. The standard InChI is InChI=1S/C10H14NO3S.3C4H9.Sn/c1-3-11(4-2)15(12,13)14-10-8-6-5-7-9-10;3*1-3-4-2;/h5-8H,3-4H2,1-2H3;3*1,3-4H2,2H3;. The third-order valence-corrected chi connectivity index (χ3v) is 22.9. The van der Waals surface area contributed by atoms with Gasteiger partial charge in [0, 0.05) is 0 Å². The molecular weight excluding hydrogens is 477 g/mol. The fourth-order valence-corrected chi connectivity index (χ4v) is 21.8. The molecule has 162 valence electrons. The molecule has 28 heavy (non-hydrogen) atoms. The molecule has 1 aromatic carbocycles. The Morgan fingerprint density at radius 3 is 1.71 bits per heavy atom. The van der Waals surface area contributed by atoms with Crippen LogP contribution in [0.2, 0.25) is 13.3 Å². The Morgan fingerprint density at radius 2 is 1.29 bits per heavy atom. The zero-order chi connectivity index (χ0) is 21.0. The van der Waals surface area contributed by atoms with Gasteiger partial charge in [-0.05, 0) is 0 Å². The molecule has 0 aliphatic carbocycles. The van der Waals surface area contributed by atoms with Gasteiger partial charge in [-0.1, -0.05) is 0 Å². The van der Waals surface area contributed by atoms with Crippen molar-refractivity contribution in [3.05, 3.63) is 24.3 Å². The van der Waals surface area contributed by atoms with E-state index >= 15 is 0 Å². The molecule has 0 radical (unpaired) electrons. The fourth-order valence-electron chi connectivity index (χ4n) is 4.01. The first-order chi connectivity index (χ1) is 13.4. The third kappa shape index (κ3) is 7.21. The molecule has 0 fully saturated rings. The van der Waals surface area contributed by atoms with Crippen molar-refractivity contribution < 1.29 is 12.6 Å². The van der Waals surface area contributed by atoms with E-state index in [4.69, 9.17) is 4.18 Å². The van der Waals surface area contributed by atoms with Crippen LogP contribution in [0.15, 0.2) is 24.3 Å². The molecule has 0 bridgehead atoms. The van der Waals surface area contributed by atoms with E-state index in [0.717, 1.165) is 0 Å². The quantitative estimate of drug-likeness (QED) is 0.280. The zero-order valence-electron chi connectivity index (χ0n) is 18.7. The van der Waals surface area contributed by atoms with Crippen LogP contribution >= 0.6 is 0 Å². The topological polar surface area (TPSA) is 46.6 Å². The van der Waals surface area contributed by atoms with E-state index in [1.165, 1.54) is 59.7 Å². The van der Waals surface area contributed by atoms with Crippen LogP contribution in [0.1, 0.15) is 73.1 Å². The van der Waals surface area contributed by atoms with Gasteiger partial charge in [0.1, 0.15) is 0 Å². The average molecular weight is 518 g/mol. The molecule has 0 saturated carbocycles. The molecule has 0 aliphatic heterocycles. The van der Waals surface area contributed by atoms with E-state index in [1.807, 2.05) is 26.0 Å². The van der Waals surface area contributed by atoms with Gasteiger partial charge in [-0.2, -0.15) is 0 Å². The van der Waals surface area contributed by atoms with Crippen LogP contribution in [0.4, 0.5) is 0 Å². The fraction of sp³-hybridized carbons (Fsp3) is 0.727. The van der Waals surface area contributed by atoms with Crippen molar-refractivity contribution in [3.8, 4) is 5.75 Å². The van der Waals surface area contributed by atoms with E-state index in [1.54, 1.807) is 0 Å². The third-order valence-electron chi connectivity index (χ3n) is 5.70. The van der Waals surface area contributed by atoms with Gasteiger partial charge in [-0.15, -0.1) is 0 Å². The molecule has 0 heterocycles. The van der Waals surface area contributed by atoms with Crippen LogP contribution in [0, 0.1) is 0 Å². The molecule has 6 heteroatoms. The SMILES string of the molecule is CCC[CH2][Sn]([CH2]CCC)([CH2]CCC)[c]1ccccc1OS(=O)(=O)N(CC)CC. The Morgan fingerprint density at radius 1 is 0.821 bits per heavy atom. The molecule has 0 unspecified atom stereocenters. The first-order valence-corrected chi connectivity index (χ1v) is 20.0. The predicted molar refractivity (Wildman–Crippen MR) is 123 cm³/mol. The number of hydrogen-bond acceptors (Lipinski definition) is 3. The van der Waals surface area contributed by atoms with Gasteiger partial charge in [0.05, 0.1) is 0 Å².